The van der Waals surface area contributed by atoms with Gasteiger partial charge < -0.3 is 10.0 Å². The molecule has 0 radical (unpaired) electrons. The molecule has 1 fully saturated rings. The summed E-state index contributed by atoms with van der Waals surface area (Å²) >= 11 is 0. The van der Waals surface area contributed by atoms with E-state index in [9.17, 15) is 4.79 Å². The number of likely N-dealkylation sites (tertiary alicyclic amines) is 1. The third-order valence-corrected chi connectivity index (χ3v) is 3.15. The SMILES string of the molecule is CCCCCCC(=O)N1CCC[C@H]1CO. The Morgan fingerprint density at radius 3 is 2.87 bits per heavy atom. The molecule has 88 valence electrons. The summed E-state index contributed by atoms with van der Waals surface area (Å²) in [4.78, 5) is 13.7. The first kappa shape index (κ1) is 12.5. The molecule has 1 amide bonds. The second kappa shape index (κ2) is 6.83. The average Bonchev–Trinajstić information content (AvgIpc) is 2.72. The monoisotopic (exact) mass is 213 g/mol. The van der Waals surface area contributed by atoms with Crippen LogP contribution in [0.2, 0.25) is 0 Å². The minimum atomic E-state index is 0.101. The first-order valence-electron chi connectivity index (χ1n) is 6.20. The molecule has 1 aliphatic heterocycles. The van der Waals surface area contributed by atoms with Crippen LogP contribution in [0.5, 0.6) is 0 Å². The Bertz CT molecular complexity index is 194. The van der Waals surface area contributed by atoms with Crippen LogP contribution in [0.25, 0.3) is 0 Å². The molecule has 1 atom stereocenters. The molecule has 0 aromatic carbocycles. The van der Waals surface area contributed by atoms with Crippen molar-refractivity contribution >= 4 is 5.91 Å². The lowest BCUT2D eigenvalue weighted by atomic mass is 10.1. The Morgan fingerprint density at radius 2 is 2.20 bits per heavy atom. The number of aliphatic hydroxyl groups excluding tert-OH is 1. The van der Waals surface area contributed by atoms with E-state index in [4.69, 9.17) is 5.11 Å². The highest BCUT2D eigenvalue weighted by atomic mass is 16.3. The molecule has 15 heavy (non-hydrogen) atoms. The summed E-state index contributed by atoms with van der Waals surface area (Å²) in [5.74, 6) is 0.239. The highest BCUT2D eigenvalue weighted by Gasteiger charge is 2.27. The van der Waals surface area contributed by atoms with Crippen LogP contribution in [0.4, 0.5) is 0 Å². The van der Waals surface area contributed by atoms with Gasteiger partial charge in [0.1, 0.15) is 0 Å². The van der Waals surface area contributed by atoms with Gasteiger partial charge in [0.25, 0.3) is 0 Å². The quantitative estimate of drug-likeness (QED) is 0.685. The van der Waals surface area contributed by atoms with Crippen molar-refractivity contribution in [1.29, 1.82) is 0 Å². The van der Waals surface area contributed by atoms with Gasteiger partial charge in [-0.05, 0) is 19.3 Å². The molecule has 1 saturated heterocycles. The van der Waals surface area contributed by atoms with Gasteiger partial charge in [0.2, 0.25) is 5.91 Å². The predicted molar refractivity (Wildman–Crippen MR) is 60.6 cm³/mol. The maximum atomic E-state index is 11.8. The zero-order valence-electron chi connectivity index (χ0n) is 9.74. The van der Waals surface area contributed by atoms with Gasteiger partial charge in [0.15, 0.2) is 0 Å². The van der Waals surface area contributed by atoms with E-state index in [1.165, 1.54) is 12.8 Å². The van der Waals surface area contributed by atoms with Gasteiger partial charge in [-0.25, -0.2) is 0 Å². The first-order chi connectivity index (χ1) is 7.29. The molecule has 1 rings (SSSR count). The van der Waals surface area contributed by atoms with Crippen LogP contribution in [0.15, 0.2) is 0 Å². The number of rotatable bonds is 6. The standard InChI is InChI=1S/C12H23NO2/c1-2-3-4-5-8-12(15)13-9-6-7-11(13)10-14/h11,14H,2-10H2,1H3/t11-/m0/s1. The smallest absolute Gasteiger partial charge is 0.222 e. The van der Waals surface area contributed by atoms with Gasteiger partial charge >= 0.3 is 0 Å². The van der Waals surface area contributed by atoms with Crippen LogP contribution in [0.1, 0.15) is 51.9 Å². The fourth-order valence-electron chi connectivity index (χ4n) is 2.20. The molecule has 1 aliphatic rings. The maximum Gasteiger partial charge on any atom is 0.222 e. The average molecular weight is 213 g/mol. The number of unbranched alkanes of at least 4 members (excludes halogenated alkanes) is 3. The largest absolute Gasteiger partial charge is 0.394 e. The molecular weight excluding hydrogens is 190 g/mol. The van der Waals surface area contributed by atoms with E-state index in [2.05, 4.69) is 6.92 Å². The van der Waals surface area contributed by atoms with Crippen LogP contribution in [-0.4, -0.2) is 35.1 Å². The van der Waals surface area contributed by atoms with E-state index in [0.29, 0.717) is 6.42 Å². The van der Waals surface area contributed by atoms with E-state index in [1.54, 1.807) is 0 Å². The van der Waals surface area contributed by atoms with E-state index in [0.717, 1.165) is 32.2 Å². The lowest BCUT2D eigenvalue weighted by Gasteiger charge is -2.22. The summed E-state index contributed by atoms with van der Waals surface area (Å²) in [7, 11) is 0. The molecule has 0 spiro atoms. The molecular formula is C12H23NO2. The summed E-state index contributed by atoms with van der Waals surface area (Å²) in [6.07, 6.45) is 7.26. The summed E-state index contributed by atoms with van der Waals surface area (Å²) in [5.41, 5.74) is 0. The van der Waals surface area contributed by atoms with E-state index in [1.807, 2.05) is 4.90 Å². The molecule has 0 unspecified atom stereocenters. The highest BCUT2D eigenvalue weighted by molar-refractivity contribution is 5.76. The lowest BCUT2D eigenvalue weighted by Crippen LogP contribution is -2.37. The molecule has 1 N–H and O–H groups in total. The number of nitrogens with zero attached hydrogens (tertiary/aromatic N) is 1. The zero-order chi connectivity index (χ0) is 11.1. The zero-order valence-corrected chi connectivity index (χ0v) is 9.74. The Morgan fingerprint density at radius 1 is 1.40 bits per heavy atom. The van der Waals surface area contributed by atoms with Crippen molar-refractivity contribution in [2.75, 3.05) is 13.2 Å². The fourth-order valence-corrected chi connectivity index (χ4v) is 2.20. The normalized spacial score (nSPS) is 20.9. The van der Waals surface area contributed by atoms with Crippen molar-refractivity contribution in [2.24, 2.45) is 0 Å². The van der Waals surface area contributed by atoms with Gasteiger partial charge in [-0.1, -0.05) is 26.2 Å². The van der Waals surface area contributed by atoms with Gasteiger partial charge in [-0.3, -0.25) is 4.79 Å². The van der Waals surface area contributed by atoms with Gasteiger partial charge in [0, 0.05) is 13.0 Å². The molecule has 0 saturated carbocycles. The van der Waals surface area contributed by atoms with Crippen LogP contribution < -0.4 is 0 Å². The number of aliphatic hydroxyl groups is 1. The minimum absolute atomic E-state index is 0.101. The minimum Gasteiger partial charge on any atom is -0.394 e. The molecule has 1 heterocycles. The van der Waals surface area contributed by atoms with E-state index >= 15 is 0 Å². The fraction of sp³-hybridized carbons (Fsp3) is 0.917. The van der Waals surface area contributed by atoms with Crippen LogP contribution in [-0.2, 0) is 4.79 Å². The van der Waals surface area contributed by atoms with E-state index < -0.39 is 0 Å². The molecule has 0 aromatic heterocycles. The second-order valence-corrected chi connectivity index (χ2v) is 4.38. The number of hydrogen-bond acceptors (Lipinski definition) is 2. The van der Waals surface area contributed by atoms with Gasteiger partial charge in [0.05, 0.1) is 12.6 Å². The van der Waals surface area contributed by atoms with Crippen molar-refractivity contribution in [2.45, 2.75) is 57.9 Å². The predicted octanol–water partition coefficient (Wildman–Crippen LogP) is 1.94. The molecule has 0 bridgehead atoms. The molecule has 3 nitrogen and oxygen atoms in total. The van der Waals surface area contributed by atoms with E-state index in [-0.39, 0.29) is 18.6 Å². The highest BCUT2D eigenvalue weighted by Crippen LogP contribution is 2.18. The van der Waals surface area contributed by atoms with Crippen molar-refractivity contribution in [3.8, 4) is 0 Å². The Labute approximate surface area is 92.5 Å². The summed E-state index contributed by atoms with van der Waals surface area (Å²) in [6.45, 7) is 3.14. The number of amides is 1. The summed E-state index contributed by atoms with van der Waals surface area (Å²) in [5, 5.41) is 9.10. The Balaban J connectivity index is 2.21. The van der Waals surface area contributed by atoms with Crippen molar-refractivity contribution in [1.82, 2.24) is 4.90 Å². The Hall–Kier alpha value is -0.570. The van der Waals surface area contributed by atoms with Crippen molar-refractivity contribution < 1.29 is 9.90 Å². The molecule has 3 heteroatoms. The number of hydrogen-bond donors (Lipinski definition) is 1. The summed E-state index contributed by atoms with van der Waals surface area (Å²) < 4.78 is 0. The third-order valence-electron chi connectivity index (χ3n) is 3.15. The lowest BCUT2D eigenvalue weighted by molar-refractivity contribution is -0.132. The second-order valence-electron chi connectivity index (χ2n) is 4.38. The van der Waals surface area contributed by atoms with Crippen LogP contribution >= 0.6 is 0 Å². The molecule has 0 aliphatic carbocycles. The van der Waals surface area contributed by atoms with Crippen LogP contribution in [0.3, 0.4) is 0 Å². The summed E-state index contributed by atoms with van der Waals surface area (Å²) in [6, 6.07) is 0.101. The molecule has 0 aromatic rings. The van der Waals surface area contributed by atoms with Crippen molar-refractivity contribution in [3.05, 3.63) is 0 Å². The van der Waals surface area contributed by atoms with Gasteiger partial charge in [-0.15, -0.1) is 0 Å². The van der Waals surface area contributed by atoms with Gasteiger partial charge in [-0.2, -0.15) is 0 Å². The van der Waals surface area contributed by atoms with Crippen LogP contribution in [0, 0.1) is 0 Å². The first-order valence-corrected chi connectivity index (χ1v) is 6.20. The maximum absolute atomic E-state index is 11.8. The number of carbonyl (C=O) groups is 1. The van der Waals surface area contributed by atoms with Crippen molar-refractivity contribution in [3.63, 3.8) is 0 Å². The Kier molecular flexibility index (Phi) is 5.69. The topological polar surface area (TPSA) is 40.5 Å². The third kappa shape index (κ3) is 3.82. The number of carbonyl (C=O) groups excluding carboxylic acids is 1.